The molecule has 1 aliphatic rings. The van der Waals surface area contributed by atoms with E-state index in [9.17, 15) is 9.59 Å². The molecule has 3 aromatic rings. The van der Waals surface area contributed by atoms with Crippen molar-refractivity contribution in [3.8, 4) is 22.4 Å². The molecule has 0 aliphatic heterocycles. The Morgan fingerprint density at radius 3 is 2.61 bits per heavy atom. The summed E-state index contributed by atoms with van der Waals surface area (Å²) < 4.78 is 0. The molecule has 4 rings (SSSR count). The maximum absolute atomic E-state index is 12.8. The van der Waals surface area contributed by atoms with Gasteiger partial charge in [0.05, 0.1) is 5.69 Å². The molecule has 2 aromatic heterocycles. The Balaban J connectivity index is 1.56. The van der Waals surface area contributed by atoms with Crippen LogP contribution in [0.5, 0.6) is 0 Å². The summed E-state index contributed by atoms with van der Waals surface area (Å²) in [6.45, 7) is 6.59. The van der Waals surface area contributed by atoms with Gasteiger partial charge in [-0.1, -0.05) is 18.7 Å². The van der Waals surface area contributed by atoms with Crippen LogP contribution in [0.2, 0.25) is 0 Å². The van der Waals surface area contributed by atoms with Crippen molar-refractivity contribution in [1.29, 1.82) is 0 Å². The summed E-state index contributed by atoms with van der Waals surface area (Å²) in [7, 11) is 1.57. The lowest BCUT2D eigenvalue weighted by molar-refractivity contribution is -0.112. The second kappa shape index (κ2) is 11.4. The van der Waals surface area contributed by atoms with E-state index in [-0.39, 0.29) is 11.8 Å². The minimum absolute atomic E-state index is 0.244. The number of pyridine rings is 2. The molecule has 0 atom stereocenters. The Bertz CT molecular complexity index is 1360. The summed E-state index contributed by atoms with van der Waals surface area (Å²) in [5, 5.41) is 5.54. The fourth-order valence-electron chi connectivity index (χ4n) is 3.69. The van der Waals surface area contributed by atoms with Gasteiger partial charge in [0.2, 0.25) is 0 Å². The number of rotatable bonds is 9. The van der Waals surface area contributed by atoms with Crippen molar-refractivity contribution in [2.75, 3.05) is 18.9 Å². The topological polar surface area (TPSA) is 96.3 Å². The van der Waals surface area contributed by atoms with Gasteiger partial charge in [-0.25, -0.2) is 0 Å². The first kappa shape index (κ1) is 24.7. The summed E-state index contributed by atoms with van der Waals surface area (Å²) in [6, 6.07) is 13.2. The summed E-state index contributed by atoms with van der Waals surface area (Å²) in [5.41, 5.74) is 5.92. The first-order chi connectivity index (χ1) is 17.5. The van der Waals surface area contributed by atoms with Gasteiger partial charge in [0.1, 0.15) is 5.69 Å². The van der Waals surface area contributed by atoms with E-state index in [2.05, 4.69) is 32.2 Å². The minimum Gasteiger partial charge on any atom is -0.354 e. The number of nitrogens with zero attached hydrogens (tertiary/aromatic N) is 3. The Labute approximate surface area is 211 Å². The van der Waals surface area contributed by atoms with Crippen LogP contribution < -0.4 is 10.6 Å². The number of carbonyl (C=O) groups is 2. The van der Waals surface area contributed by atoms with E-state index in [0.29, 0.717) is 22.9 Å². The van der Waals surface area contributed by atoms with E-state index in [1.165, 1.54) is 18.9 Å². The number of aromatic nitrogens is 2. The zero-order valence-electron chi connectivity index (χ0n) is 20.5. The SMILES string of the molecule is C=C/C(=C\C=NCC1CC1)C(=O)Nc1ccc(C)c(-c2ccnc(-c3ccnc(C(=O)NC)c3)c2)c1. The third-order valence-electron chi connectivity index (χ3n) is 5.98. The predicted molar refractivity (Wildman–Crippen MR) is 144 cm³/mol. The second-order valence-corrected chi connectivity index (χ2v) is 8.71. The summed E-state index contributed by atoms with van der Waals surface area (Å²) in [6.07, 6.45) is 10.7. The Morgan fingerprint density at radius 2 is 1.86 bits per heavy atom. The fourth-order valence-corrected chi connectivity index (χ4v) is 3.69. The molecule has 0 unspecified atom stereocenters. The molecular formula is C29H29N5O2. The molecule has 0 bridgehead atoms. The Kier molecular flexibility index (Phi) is 7.80. The Hall–Kier alpha value is -4.39. The third kappa shape index (κ3) is 6.18. The van der Waals surface area contributed by atoms with E-state index in [1.807, 2.05) is 43.3 Å². The molecule has 1 aliphatic carbocycles. The van der Waals surface area contributed by atoms with Crippen molar-refractivity contribution in [3.05, 3.63) is 90.4 Å². The highest BCUT2D eigenvalue weighted by molar-refractivity contribution is 6.08. The third-order valence-corrected chi connectivity index (χ3v) is 5.98. The quantitative estimate of drug-likeness (QED) is 0.256. The van der Waals surface area contributed by atoms with Crippen LogP contribution in [0, 0.1) is 12.8 Å². The van der Waals surface area contributed by atoms with Gasteiger partial charge in [0.15, 0.2) is 0 Å². The van der Waals surface area contributed by atoms with Gasteiger partial charge < -0.3 is 10.6 Å². The van der Waals surface area contributed by atoms with Gasteiger partial charge in [0, 0.05) is 49.0 Å². The Morgan fingerprint density at radius 1 is 1.08 bits per heavy atom. The standard InChI is InChI=1S/C29H29N5O2/c1-4-21(9-12-31-18-20-6-7-20)28(35)34-24-8-5-19(2)25(17-24)22-10-13-32-26(15-22)23-11-14-33-27(16-23)29(36)30-3/h4-5,8-17,20H,1,6-7,18H2,2-3H3,(H,30,36)(H,34,35)/b21-9+,31-12?. The zero-order chi connectivity index (χ0) is 25.5. The first-order valence-electron chi connectivity index (χ1n) is 11.9. The molecule has 2 amide bonds. The van der Waals surface area contributed by atoms with Crippen LogP contribution in [-0.4, -0.2) is 41.6 Å². The van der Waals surface area contributed by atoms with Crippen molar-refractivity contribution in [3.63, 3.8) is 0 Å². The van der Waals surface area contributed by atoms with E-state index in [1.54, 1.807) is 37.8 Å². The van der Waals surface area contributed by atoms with Crippen molar-refractivity contribution >= 4 is 23.7 Å². The van der Waals surface area contributed by atoms with Gasteiger partial charge in [-0.2, -0.15) is 0 Å². The van der Waals surface area contributed by atoms with Crippen LogP contribution in [-0.2, 0) is 4.79 Å². The maximum atomic E-state index is 12.8. The average Bonchev–Trinajstić information content (AvgIpc) is 3.74. The maximum Gasteiger partial charge on any atom is 0.269 e. The van der Waals surface area contributed by atoms with Crippen LogP contribution in [0.3, 0.4) is 0 Å². The monoisotopic (exact) mass is 479 g/mol. The number of nitrogens with one attached hydrogen (secondary N) is 2. The number of hydrogen-bond acceptors (Lipinski definition) is 5. The minimum atomic E-state index is -0.255. The van der Waals surface area contributed by atoms with E-state index in [4.69, 9.17) is 0 Å². The molecule has 36 heavy (non-hydrogen) atoms. The van der Waals surface area contributed by atoms with Gasteiger partial charge in [-0.3, -0.25) is 24.5 Å². The first-order valence-corrected chi connectivity index (χ1v) is 11.9. The van der Waals surface area contributed by atoms with Gasteiger partial charge in [-0.05, 0) is 84.8 Å². The predicted octanol–water partition coefficient (Wildman–Crippen LogP) is 5.01. The van der Waals surface area contributed by atoms with Crippen molar-refractivity contribution in [2.24, 2.45) is 10.9 Å². The molecule has 2 N–H and O–H groups in total. The van der Waals surface area contributed by atoms with Gasteiger partial charge >= 0.3 is 0 Å². The molecule has 182 valence electrons. The van der Waals surface area contributed by atoms with E-state index in [0.717, 1.165) is 34.5 Å². The number of allylic oxidation sites excluding steroid dienone is 1. The molecule has 7 heteroatoms. The van der Waals surface area contributed by atoms with E-state index >= 15 is 0 Å². The lowest BCUT2D eigenvalue weighted by Crippen LogP contribution is -2.19. The second-order valence-electron chi connectivity index (χ2n) is 8.71. The largest absolute Gasteiger partial charge is 0.354 e. The molecule has 1 aromatic carbocycles. The molecule has 0 radical (unpaired) electrons. The lowest BCUT2D eigenvalue weighted by atomic mass is 9.98. The molecular weight excluding hydrogens is 450 g/mol. The molecule has 1 saturated carbocycles. The summed E-state index contributed by atoms with van der Waals surface area (Å²) >= 11 is 0. The number of anilines is 1. The average molecular weight is 480 g/mol. The van der Waals surface area contributed by atoms with Crippen molar-refractivity contribution in [2.45, 2.75) is 19.8 Å². The van der Waals surface area contributed by atoms with Crippen LogP contribution in [0.4, 0.5) is 5.69 Å². The summed E-state index contributed by atoms with van der Waals surface area (Å²) in [5.74, 6) is 0.202. The highest BCUT2D eigenvalue weighted by atomic mass is 16.2. The van der Waals surface area contributed by atoms with Crippen LogP contribution in [0.1, 0.15) is 28.9 Å². The molecule has 0 saturated heterocycles. The molecule has 7 nitrogen and oxygen atoms in total. The number of carbonyl (C=O) groups excluding carboxylic acids is 2. The normalized spacial score (nSPS) is 13.4. The number of aliphatic imine (C=N–C) groups is 1. The number of benzene rings is 1. The number of amides is 2. The highest BCUT2D eigenvalue weighted by Gasteiger charge is 2.19. The van der Waals surface area contributed by atoms with Gasteiger partial charge in [-0.15, -0.1) is 0 Å². The zero-order valence-corrected chi connectivity index (χ0v) is 20.5. The van der Waals surface area contributed by atoms with Crippen molar-refractivity contribution < 1.29 is 9.59 Å². The van der Waals surface area contributed by atoms with Gasteiger partial charge in [0.25, 0.3) is 11.8 Å². The molecule has 0 spiro atoms. The van der Waals surface area contributed by atoms with Crippen LogP contribution in [0.25, 0.3) is 22.4 Å². The summed E-state index contributed by atoms with van der Waals surface area (Å²) in [4.78, 5) is 37.8. The number of aryl methyl sites for hydroxylation is 1. The molecule has 1 fully saturated rings. The van der Waals surface area contributed by atoms with E-state index < -0.39 is 0 Å². The smallest absolute Gasteiger partial charge is 0.269 e. The fraction of sp³-hybridized carbons (Fsp3) is 0.207. The van der Waals surface area contributed by atoms with Crippen molar-refractivity contribution in [1.82, 2.24) is 15.3 Å². The number of hydrogen-bond donors (Lipinski definition) is 2. The van der Waals surface area contributed by atoms with Crippen LogP contribution in [0.15, 0.2) is 84.2 Å². The lowest BCUT2D eigenvalue weighted by Gasteiger charge is -2.12. The highest BCUT2D eigenvalue weighted by Crippen LogP contribution is 2.30. The van der Waals surface area contributed by atoms with Crippen LogP contribution >= 0.6 is 0 Å². The molecule has 2 heterocycles.